The summed E-state index contributed by atoms with van der Waals surface area (Å²) < 4.78 is 29.3. The Morgan fingerprint density at radius 3 is 2.33 bits per heavy atom. The second-order valence-corrected chi connectivity index (χ2v) is 8.69. The number of piperidine rings is 2. The molecular weight excluding hydrogens is 286 g/mol. The van der Waals surface area contributed by atoms with Crippen LogP contribution in [0.2, 0.25) is 0 Å². The van der Waals surface area contributed by atoms with Gasteiger partial charge in [-0.25, -0.2) is 0 Å². The van der Waals surface area contributed by atoms with Gasteiger partial charge < -0.3 is 5.32 Å². The lowest BCUT2D eigenvalue weighted by Gasteiger charge is -2.40. The van der Waals surface area contributed by atoms with E-state index in [-0.39, 0.29) is 6.04 Å². The molecule has 0 saturated carbocycles. The first kappa shape index (κ1) is 17.2. The molecule has 0 aromatic rings. The van der Waals surface area contributed by atoms with Crippen molar-refractivity contribution in [3.05, 3.63) is 0 Å². The highest BCUT2D eigenvalue weighted by molar-refractivity contribution is 7.86. The molecule has 2 aliphatic rings. The SMILES string of the molecule is CNCC1CCCCN1S(=O)(=O)N1CCC(C(C)C)CC1. The van der Waals surface area contributed by atoms with Gasteiger partial charge in [-0.05, 0) is 44.6 Å². The molecule has 1 N–H and O–H groups in total. The molecule has 1 unspecified atom stereocenters. The summed E-state index contributed by atoms with van der Waals surface area (Å²) in [6.45, 7) is 7.28. The molecule has 0 bridgehead atoms. The average Bonchev–Trinajstić information content (AvgIpc) is 2.48. The first-order chi connectivity index (χ1) is 9.96. The van der Waals surface area contributed by atoms with Crippen molar-refractivity contribution in [3.63, 3.8) is 0 Å². The van der Waals surface area contributed by atoms with Gasteiger partial charge in [0.1, 0.15) is 0 Å². The van der Waals surface area contributed by atoms with E-state index in [1.165, 1.54) is 0 Å². The quantitative estimate of drug-likeness (QED) is 0.839. The van der Waals surface area contributed by atoms with Crippen LogP contribution in [0.4, 0.5) is 0 Å². The lowest BCUT2D eigenvalue weighted by Crippen LogP contribution is -2.54. The highest BCUT2D eigenvalue weighted by Crippen LogP contribution is 2.29. The van der Waals surface area contributed by atoms with Gasteiger partial charge >= 0.3 is 0 Å². The normalized spacial score (nSPS) is 27.3. The van der Waals surface area contributed by atoms with Crippen LogP contribution in [0.3, 0.4) is 0 Å². The lowest BCUT2D eigenvalue weighted by atomic mass is 9.87. The van der Waals surface area contributed by atoms with Crippen LogP contribution in [0.15, 0.2) is 0 Å². The van der Waals surface area contributed by atoms with Crippen molar-refractivity contribution in [3.8, 4) is 0 Å². The largest absolute Gasteiger partial charge is 0.318 e. The summed E-state index contributed by atoms with van der Waals surface area (Å²) in [4.78, 5) is 0. The fraction of sp³-hybridized carbons (Fsp3) is 1.00. The Balaban J connectivity index is 2.03. The molecule has 0 aromatic heterocycles. The van der Waals surface area contributed by atoms with Gasteiger partial charge in [0.15, 0.2) is 0 Å². The third-order valence-corrected chi connectivity index (χ3v) is 7.17. The number of hydrogen-bond donors (Lipinski definition) is 1. The molecule has 2 rings (SSSR count). The van der Waals surface area contributed by atoms with E-state index in [2.05, 4.69) is 19.2 Å². The maximum atomic E-state index is 12.9. The monoisotopic (exact) mass is 317 g/mol. The minimum Gasteiger partial charge on any atom is -0.318 e. The zero-order chi connectivity index (χ0) is 15.5. The Bertz CT molecular complexity index is 415. The molecule has 6 heteroatoms. The first-order valence-corrected chi connectivity index (χ1v) is 9.78. The van der Waals surface area contributed by atoms with Crippen LogP contribution in [0.5, 0.6) is 0 Å². The van der Waals surface area contributed by atoms with Gasteiger partial charge in [-0.2, -0.15) is 17.0 Å². The molecule has 21 heavy (non-hydrogen) atoms. The summed E-state index contributed by atoms with van der Waals surface area (Å²) in [5.41, 5.74) is 0. The van der Waals surface area contributed by atoms with Gasteiger partial charge in [0.25, 0.3) is 10.2 Å². The third-order valence-electron chi connectivity index (χ3n) is 5.08. The van der Waals surface area contributed by atoms with Crippen molar-refractivity contribution in [2.24, 2.45) is 11.8 Å². The number of rotatable bonds is 5. The molecule has 5 nitrogen and oxygen atoms in total. The molecule has 2 aliphatic heterocycles. The van der Waals surface area contributed by atoms with E-state index in [1.54, 1.807) is 8.61 Å². The Morgan fingerprint density at radius 1 is 1.10 bits per heavy atom. The fourth-order valence-corrected chi connectivity index (χ4v) is 5.52. The Hall–Kier alpha value is -0.170. The Morgan fingerprint density at radius 2 is 1.76 bits per heavy atom. The summed E-state index contributed by atoms with van der Waals surface area (Å²) in [6, 6.07) is 0.122. The number of hydrogen-bond acceptors (Lipinski definition) is 3. The van der Waals surface area contributed by atoms with Crippen LogP contribution in [-0.4, -0.2) is 56.3 Å². The molecule has 2 fully saturated rings. The summed E-state index contributed by atoms with van der Waals surface area (Å²) in [5.74, 6) is 1.33. The average molecular weight is 317 g/mol. The molecule has 1 atom stereocenters. The molecular formula is C15H31N3O2S. The standard InChI is InChI=1S/C15H31N3O2S/c1-13(2)14-7-10-17(11-8-14)21(19,20)18-9-5-4-6-15(18)12-16-3/h13-16H,4-12H2,1-3H3. The zero-order valence-electron chi connectivity index (χ0n) is 13.7. The predicted octanol–water partition coefficient (Wildman–Crippen LogP) is 1.67. The van der Waals surface area contributed by atoms with E-state index in [1.807, 2.05) is 7.05 Å². The first-order valence-electron chi connectivity index (χ1n) is 8.38. The number of likely N-dealkylation sites (N-methyl/N-ethyl adjacent to an activating group) is 1. The minimum absolute atomic E-state index is 0.122. The van der Waals surface area contributed by atoms with Crippen LogP contribution in [0.1, 0.15) is 46.0 Å². The lowest BCUT2D eigenvalue weighted by molar-refractivity contribution is 0.192. The van der Waals surface area contributed by atoms with Crippen molar-refractivity contribution in [1.82, 2.24) is 13.9 Å². The van der Waals surface area contributed by atoms with Gasteiger partial charge in [-0.1, -0.05) is 20.3 Å². The summed E-state index contributed by atoms with van der Waals surface area (Å²) in [7, 11) is -1.38. The smallest absolute Gasteiger partial charge is 0.282 e. The predicted molar refractivity (Wildman–Crippen MR) is 86.3 cm³/mol. The van der Waals surface area contributed by atoms with Crippen LogP contribution in [0.25, 0.3) is 0 Å². The third kappa shape index (κ3) is 3.97. The molecule has 2 heterocycles. The molecule has 0 spiro atoms. The molecule has 124 valence electrons. The van der Waals surface area contributed by atoms with Crippen LogP contribution in [-0.2, 0) is 10.2 Å². The summed E-state index contributed by atoms with van der Waals surface area (Å²) in [6.07, 6.45) is 5.10. The van der Waals surface area contributed by atoms with Crippen molar-refractivity contribution >= 4 is 10.2 Å². The Kier molecular flexibility index (Phi) is 6.05. The molecule has 0 amide bonds. The highest BCUT2D eigenvalue weighted by Gasteiger charge is 2.38. The topological polar surface area (TPSA) is 52.7 Å². The van der Waals surface area contributed by atoms with Gasteiger partial charge in [-0.3, -0.25) is 0 Å². The second-order valence-electron chi connectivity index (χ2n) is 6.81. The van der Waals surface area contributed by atoms with Crippen molar-refractivity contribution in [1.29, 1.82) is 0 Å². The van der Waals surface area contributed by atoms with Crippen molar-refractivity contribution in [2.45, 2.75) is 52.0 Å². The molecule has 2 saturated heterocycles. The van der Waals surface area contributed by atoms with E-state index in [9.17, 15) is 8.42 Å². The molecule has 0 aromatic carbocycles. The van der Waals surface area contributed by atoms with Gasteiger partial charge in [0.05, 0.1) is 0 Å². The second kappa shape index (κ2) is 7.40. The highest BCUT2D eigenvalue weighted by atomic mass is 32.2. The van der Waals surface area contributed by atoms with E-state index >= 15 is 0 Å². The van der Waals surface area contributed by atoms with Crippen molar-refractivity contribution in [2.75, 3.05) is 33.2 Å². The maximum absolute atomic E-state index is 12.9. The summed E-state index contributed by atoms with van der Waals surface area (Å²) >= 11 is 0. The van der Waals surface area contributed by atoms with E-state index in [0.29, 0.717) is 31.5 Å². The van der Waals surface area contributed by atoms with Crippen molar-refractivity contribution < 1.29 is 8.42 Å². The van der Waals surface area contributed by atoms with E-state index < -0.39 is 10.2 Å². The fourth-order valence-electron chi connectivity index (χ4n) is 3.64. The minimum atomic E-state index is -3.28. The van der Waals surface area contributed by atoms with Crippen LogP contribution >= 0.6 is 0 Å². The summed E-state index contributed by atoms with van der Waals surface area (Å²) in [5, 5.41) is 3.14. The van der Waals surface area contributed by atoms with Crippen LogP contribution in [0, 0.1) is 11.8 Å². The molecule has 0 radical (unpaired) electrons. The number of nitrogens with one attached hydrogen (secondary N) is 1. The van der Waals surface area contributed by atoms with Crippen LogP contribution < -0.4 is 5.32 Å². The number of nitrogens with zero attached hydrogens (tertiary/aromatic N) is 2. The van der Waals surface area contributed by atoms with Gasteiger partial charge in [0, 0.05) is 32.2 Å². The molecule has 0 aliphatic carbocycles. The van der Waals surface area contributed by atoms with E-state index in [4.69, 9.17) is 0 Å². The van der Waals surface area contributed by atoms with Gasteiger partial charge in [0.2, 0.25) is 0 Å². The maximum Gasteiger partial charge on any atom is 0.282 e. The Labute approximate surface area is 130 Å². The zero-order valence-corrected chi connectivity index (χ0v) is 14.5. The van der Waals surface area contributed by atoms with E-state index in [0.717, 1.165) is 38.6 Å². The van der Waals surface area contributed by atoms with Gasteiger partial charge in [-0.15, -0.1) is 0 Å².